The smallest absolute Gasteiger partial charge is 0.341 e. The quantitative estimate of drug-likeness (QED) is 0.695. The summed E-state index contributed by atoms with van der Waals surface area (Å²) >= 11 is 5.97. The van der Waals surface area contributed by atoms with Gasteiger partial charge in [-0.3, -0.25) is 9.59 Å². The van der Waals surface area contributed by atoms with E-state index in [1.165, 1.54) is 12.1 Å². The number of carboxylic acid groups (broad SMARTS) is 1. The zero-order chi connectivity index (χ0) is 18.3. The highest BCUT2D eigenvalue weighted by Crippen LogP contribution is 2.27. The van der Waals surface area contributed by atoms with Crippen molar-refractivity contribution in [2.45, 2.75) is 27.2 Å². The molecule has 0 unspecified atom stereocenters. The molecule has 24 heavy (non-hydrogen) atoms. The Morgan fingerprint density at radius 1 is 1.25 bits per heavy atom. The number of hydrogen-bond acceptors (Lipinski definition) is 4. The van der Waals surface area contributed by atoms with E-state index in [0.29, 0.717) is 5.69 Å². The van der Waals surface area contributed by atoms with Gasteiger partial charge in [-0.1, -0.05) is 32.4 Å². The van der Waals surface area contributed by atoms with Crippen molar-refractivity contribution in [3.8, 4) is 5.75 Å². The van der Waals surface area contributed by atoms with Gasteiger partial charge in [0.2, 0.25) is 11.8 Å². The summed E-state index contributed by atoms with van der Waals surface area (Å²) in [4.78, 5) is 34.0. The number of carbonyl (C=O) groups excluding carboxylic acids is 2. The van der Waals surface area contributed by atoms with Crippen LogP contribution in [0.3, 0.4) is 0 Å². The maximum atomic E-state index is 11.8. The number of halogens is 1. The van der Waals surface area contributed by atoms with Crippen LogP contribution in [0.15, 0.2) is 18.2 Å². The van der Waals surface area contributed by atoms with Crippen molar-refractivity contribution in [3.63, 3.8) is 0 Å². The number of benzene rings is 1. The Balaban J connectivity index is 2.48. The number of carboxylic acids is 1. The van der Waals surface area contributed by atoms with E-state index in [1.54, 1.807) is 26.8 Å². The van der Waals surface area contributed by atoms with Crippen LogP contribution in [0.1, 0.15) is 27.2 Å². The number of rotatable bonds is 7. The van der Waals surface area contributed by atoms with Crippen LogP contribution in [-0.2, 0) is 14.4 Å². The average Bonchev–Trinajstić information content (AvgIpc) is 2.45. The van der Waals surface area contributed by atoms with Gasteiger partial charge >= 0.3 is 5.97 Å². The minimum Gasteiger partial charge on any atom is -0.480 e. The third-order valence-corrected chi connectivity index (χ3v) is 3.18. The Morgan fingerprint density at radius 2 is 1.92 bits per heavy atom. The first-order valence-electron chi connectivity index (χ1n) is 7.32. The maximum absolute atomic E-state index is 11.8. The largest absolute Gasteiger partial charge is 0.480 e. The van der Waals surface area contributed by atoms with E-state index in [4.69, 9.17) is 21.4 Å². The second-order valence-electron chi connectivity index (χ2n) is 6.13. The lowest BCUT2D eigenvalue weighted by atomic mass is 9.96. The molecule has 8 heteroatoms. The van der Waals surface area contributed by atoms with Crippen molar-refractivity contribution >= 4 is 35.1 Å². The minimum absolute atomic E-state index is 0.122. The summed E-state index contributed by atoms with van der Waals surface area (Å²) in [6, 6.07) is 4.49. The highest BCUT2D eigenvalue weighted by Gasteiger charge is 2.20. The molecule has 0 aromatic heterocycles. The first-order valence-corrected chi connectivity index (χ1v) is 7.69. The Kier molecular flexibility index (Phi) is 7.03. The van der Waals surface area contributed by atoms with E-state index in [9.17, 15) is 14.4 Å². The highest BCUT2D eigenvalue weighted by atomic mass is 35.5. The normalized spacial score (nSPS) is 10.8. The molecule has 0 aliphatic heterocycles. The maximum Gasteiger partial charge on any atom is 0.341 e. The Bertz CT molecular complexity index is 625. The minimum atomic E-state index is -1.11. The molecule has 3 N–H and O–H groups in total. The van der Waals surface area contributed by atoms with Gasteiger partial charge in [-0.15, -0.1) is 0 Å². The molecular formula is C16H21ClN2O5. The van der Waals surface area contributed by atoms with Gasteiger partial charge in [0.15, 0.2) is 6.61 Å². The van der Waals surface area contributed by atoms with Crippen molar-refractivity contribution in [2.24, 2.45) is 5.41 Å². The van der Waals surface area contributed by atoms with E-state index in [1.807, 2.05) is 0 Å². The molecule has 0 spiro atoms. The van der Waals surface area contributed by atoms with Crippen LogP contribution in [0.2, 0.25) is 5.02 Å². The Hall–Kier alpha value is -2.28. The number of amides is 2. The number of anilines is 1. The topological polar surface area (TPSA) is 105 Å². The van der Waals surface area contributed by atoms with Gasteiger partial charge in [-0.25, -0.2) is 4.79 Å². The van der Waals surface area contributed by atoms with E-state index >= 15 is 0 Å². The van der Waals surface area contributed by atoms with Crippen LogP contribution in [0.5, 0.6) is 5.75 Å². The summed E-state index contributed by atoms with van der Waals surface area (Å²) in [5.41, 5.74) is -0.0506. The summed E-state index contributed by atoms with van der Waals surface area (Å²) in [7, 11) is 0. The van der Waals surface area contributed by atoms with E-state index in [-0.39, 0.29) is 35.6 Å². The predicted octanol–water partition coefficient (Wildman–Crippen LogP) is 2.29. The molecule has 0 radical (unpaired) electrons. The van der Waals surface area contributed by atoms with Crippen LogP contribution in [0.4, 0.5) is 5.69 Å². The van der Waals surface area contributed by atoms with E-state index in [0.717, 1.165) is 0 Å². The first kappa shape index (κ1) is 19.8. The number of aliphatic carboxylic acids is 1. The highest BCUT2D eigenvalue weighted by molar-refractivity contribution is 6.32. The molecule has 0 saturated heterocycles. The molecule has 1 rings (SSSR count). The molecule has 7 nitrogen and oxygen atoms in total. The van der Waals surface area contributed by atoms with Crippen molar-refractivity contribution in [3.05, 3.63) is 23.2 Å². The van der Waals surface area contributed by atoms with Gasteiger partial charge in [0.25, 0.3) is 0 Å². The Morgan fingerprint density at radius 3 is 2.46 bits per heavy atom. The summed E-state index contributed by atoms with van der Waals surface area (Å²) in [5, 5.41) is 14.1. The Labute approximate surface area is 145 Å². The van der Waals surface area contributed by atoms with Crippen LogP contribution in [-0.4, -0.2) is 36.0 Å². The van der Waals surface area contributed by atoms with Gasteiger partial charge in [0.1, 0.15) is 5.75 Å². The van der Waals surface area contributed by atoms with E-state index < -0.39 is 18.0 Å². The number of nitrogens with one attached hydrogen (secondary N) is 2. The second-order valence-corrected chi connectivity index (χ2v) is 6.54. The van der Waals surface area contributed by atoms with Crippen molar-refractivity contribution in [2.75, 3.05) is 18.5 Å². The SMILES string of the molecule is CC(C)(C)C(=O)NCCC(=O)Nc1ccc(OCC(=O)O)c(Cl)c1. The van der Waals surface area contributed by atoms with Gasteiger partial charge in [0, 0.05) is 24.1 Å². The zero-order valence-electron chi connectivity index (χ0n) is 13.8. The fourth-order valence-electron chi connectivity index (χ4n) is 1.61. The van der Waals surface area contributed by atoms with Crippen LogP contribution < -0.4 is 15.4 Å². The molecule has 0 heterocycles. The van der Waals surface area contributed by atoms with Crippen LogP contribution in [0, 0.1) is 5.41 Å². The molecule has 0 bridgehead atoms. The average molecular weight is 357 g/mol. The molecule has 0 saturated carbocycles. The number of hydrogen-bond donors (Lipinski definition) is 3. The molecule has 2 amide bonds. The lowest BCUT2D eigenvalue weighted by Gasteiger charge is -2.17. The van der Waals surface area contributed by atoms with Crippen LogP contribution in [0.25, 0.3) is 0 Å². The molecule has 1 aromatic carbocycles. The van der Waals surface area contributed by atoms with E-state index in [2.05, 4.69) is 10.6 Å². The number of ether oxygens (including phenoxy) is 1. The monoisotopic (exact) mass is 356 g/mol. The van der Waals surface area contributed by atoms with Gasteiger partial charge < -0.3 is 20.5 Å². The summed E-state index contributed by atoms with van der Waals surface area (Å²) in [5.74, 6) is -1.30. The third kappa shape index (κ3) is 6.87. The third-order valence-electron chi connectivity index (χ3n) is 2.89. The molecule has 0 atom stereocenters. The molecule has 0 aliphatic carbocycles. The zero-order valence-corrected chi connectivity index (χ0v) is 14.6. The standard InChI is InChI=1S/C16H21ClN2O5/c1-16(2,3)15(23)18-7-6-13(20)19-10-4-5-12(11(17)8-10)24-9-14(21)22/h4-5,8H,6-7,9H2,1-3H3,(H,18,23)(H,19,20)(H,21,22). The lowest BCUT2D eigenvalue weighted by molar-refractivity contribution is -0.139. The van der Waals surface area contributed by atoms with Gasteiger partial charge in [0.05, 0.1) is 5.02 Å². The molecular weight excluding hydrogens is 336 g/mol. The number of carbonyl (C=O) groups is 3. The summed E-state index contributed by atoms with van der Waals surface area (Å²) in [6.45, 7) is 5.10. The lowest BCUT2D eigenvalue weighted by Crippen LogP contribution is -2.36. The fraction of sp³-hybridized carbons (Fsp3) is 0.438. The van der Waals surface area contributed by atoms with Gasteiger partial charge in [-0.2, -0.15) is 0 Å². The summed E-state index contributed by atoms with van der Waals surface area (Å²) < 4.78 is 4.99. The fourth-order valence-corrected chi connectivity index (χ4v) is 1.85. The molecule has 1 aromatic rings. The molecule has 0 fully saturated rings. The second kappa shape index (κ2) is 8.54. The summed E-state index contributed by atoms with van der Waals surface area (Å²) in [6.07, 6.45) is 0.122. The van der Waals surface area contributed by atoms with Crippen molar-refractivity contribution in [1.29, 1.82) is 0 Å². The molecule has 0 aliphatic rings. The van der Waals surface area contributed by atoms with Crippen LogP contribution >= 0.6 is 11.6 Å². The molecule has 132 valence electrons. The van der Waals surface area contributed by atoms with Gasteiger partial charge in [-0.05, 0) is 18.2 Å². The van der Waals surface area contributed by atoms with Crippen molar-refractivity contribution in [1.82, 2.24) is 5.32 Å². The first-order chi connectivity index (χ1) is 11.1. The predicted molar refractivity (Wildman–Crippen MR) is 90.3 cm³/mol. The van der Waals surface area contributed by atoms with Crippen molar-refractivity contribution < 1.29 is 24.2 Å².